The minimum absolute atomic E-state index is 0.0651. The van der Waals surface area contributed by atoms with Gasteiger partial charge in [0.25, 0.3) is 6.17 Å². The largest absolute Gasteiger partial charge is 0.496 e. The van der Waals surface area contributed by atoms with Crippen molar-refractivity contribution in [3.63, 3.8) is 0 Å². The number of hydrogen-bond acceptors (Lipinski definition) is 5. The molecule has 0 heterocycles. The molecule has 0 aliphatic heterocycles. The zero-order valence-electron chi connectivity index (χ0n) is 11.6. The van der Waals surface area contributed by atoms with Crippen molar-refractivity contribution in [1.29, 1.82) is 0 Å². The molecule has 0 fully saturated rings. The fourth-order valence-electron chi connectivity index (χ4n) is 1.60. The maximum absolute atomic E-state index is 13.9. The molecule has 5 nitrogen and oxygen atoms in total. The summed E-state index contributed by atoms with van der Waals surface area (Å²) in [5.74, 6) is -1.97. The highest BCUT2D eigenvalue weighted by Gasteiger charge is 2.32. The summed E-state index contributed by atoms with van der Waals surface area (Å²) in [4.78, 5) is 23.5. The Labute approximate surface area is 116 Å². The van der Waals surface area contributed by atoms with E-state index in [-0.39, 0.29) is 23.7 Å². The van der Waals surface area contributed by atoms with E-state index in [1.165, 1.54) is 26.4 Å². The SMILES string of the molecule is CCCOC(=O)C(F)C(=O)c1c(OC)cccc1OC. The number of ether oxygens (including phenoxy) is 3. The number of ketones is 1. The molecule has 0 N–H and O–H groups in total. The second-order valence-electron chi connectivity index (χ2n) is 3.93. The first kappa shape index (κ1) is 15.9. The van der Waals surface area contributed by atoms with Crippen molar-refractivity contribution in [2.24, 2.45) is 0 Å². The number of carbonyl (C=O) groups is 2. The molecule has 1 aromatic rings. The van der Waals surface area contributed by atoms with E-state index >= 15 is 0 Å². The monoisotopic (exact) mass is 284 g/mol. The molecule has 1 aromatic carbocycles. The van der Waals surface area contributed by atoms with Gasteiger partial charge in [0.2, 0.25) is 5.78 Å². The van der Waals surface area contributed by atoms with Crippen molar-refractivity contribution in [3.05, 3.63) is 23.8 Å². The fraction of sp³-hybridized carbons (Fsp3) is 0.429. The van der Waals surface area contributed by atoms with Crippen LogP contribution in [0, 0.1) is 0 Å². The van der Waals surface area contributed by atoms with Crippen molar-refractivity contribution in [3.8, 4) is 11.5 Å². The van der Waals surface area contributed by atoms with Crippen LogP contribution in [0.15, 0.2) is 18.2 Å². The number of halogens is 1. The summed E-state index contributed by atoms with van der Waals surface area (Å²) in [6, 6.07) is 4.57. The minimum Gasteiger partial charge on any atom is -0.496 e. The Kier molecular flexibility index (Phi) is 5.96. The van der Waals surface area contributed by atoms with Crippen LogP contribution in [0.4, 0.5) is 4.39 Å². The first-order valence-corrected chi connectivity index (χ1v) is 6.12. The summed E-state index contributed by atoms with van der Waals surface area (Å²) in [7, 11) is 2.68. The van der Waals surface area contributed by atoms with Gasteiger partial charge in [0.15, 0.2) is 0 Å². The van der Waals surface area contributed by atoms with Crippen LogP contribution in [0.5, 0.6) is 11.5 Å². The van der Waals surface area contributed by atoms with Crippen molar-refractivity contribution < 1.29 is 28.2 Å². The number of rotatable bonds is 7. The first-order valence-electron chi connectivity index (χ1n) is 6.12. The van der Waals surface area contributed by atoms with E-state index in [4.69, 9.17) is 9.47 Å². The third-order valence-corrected chi connectivity index (χ3v) is 2.56. The van der Waals surface area contributed by atoms with E-state index in [1.807, 2.05) is 0 Å². The Morgan fingerprint density at radius 3 is 2.20 bits per heavy atom. The highest BCUT2D eigenvalue weighted by molar-refractivity contribution is 6.13. The lowest BCUT2D eigenvalue weighted by atomic mass is 10.0. The Balaban J connectivity index is 3.04. The number of methoxy groups -OCH3 is 2. The van der Waals surface area contributed by atoms with E-state index in [1.54, 1.807) is 13.0 Å². The van der Waals surface area contributed by atoms with Crippen molar-refractivity contribution >= 4 is 11.8 Å². The van der Waals surface area contributed by atoms with Crippen LogP contribution in [0.1, 0.15) is 23.7 Å². The molecular weight excluding hydrogens is 267 g/mol. The zero-order chi connectivity index (χ0) is 15.1. The lowest BCUT2D eigenvalue weighted by Gasteiger charge is -2.13. The molecule has 110 valence electrons. The summed E-state index contributed by atoms with van der Waals surface area (Å²) in [6.07, 6.45) is -1.85. The number of hydrogen-bond donors (Lipinski definition) is 0. The highest BCUT2D eigenvalue weighted by atomic mass is 19.1. The van der Waals surface area contributed by atoms with Gasteiger partial charge in [-0.25, -0.2) is 9.18 Å². The fourth-order valence-corrected chi connectivity index (χ4v) is 1.60. The van der Waals surface area contributed by atoms with Gasteiger partial charge >= 0.3 is 5.97 Å². The Bertz CT molecular complexity index is 464. The maximum atomic E-state index is 13.9. The van der Waals surface area contributed by atoms with Gasteiger partial charge in [-0.05, 0) is 18.6 Å². The van der Waals surface area contributed by atoms with Crippen molar-refractivity contribution in [2.75, 3.05) is 20.8 Å². The Morgan fingerprint density at radius 2 is 1.75 bits per heavy atom. The summed E-state index contributed by atoms with van der Waals surface area (Å²) in [5, 5.41) is 0. The van der Waals surface area contributed by atoms with E-state index in [9.17, 15) is 14.0 Å². The summed E-state index contributed by atoms with van der Waals surface area (Å²) >= 11 is 0. The molecule has 1 atom stereocenters. The standard InChI is InChI=1S/C14H17FO5/c1-4-8-20-14(17)12(15)13(16)11-9(18-2)6-5-7-10(11)19-3/h5-7,12H,4,8H2,1-3H3. The quantitative estimate of drug-likeness (QED) is 0.436. The molecular formula is C14H17FO5. The maximum Gasteiger partial charge on any atom is 0.349 e. The van der Waals surface area contributed by atoms with Gasteiger partial charge in [-0.15, -0.1) is 0 Å². The topological polar surface area (TPSA) is 61.8 Å². The van der Waals surface area contributed by atoms with E-state index in [2.05, 4.69) is 4.74 Å². The molecule has 0 aliphatic rings. The van der Waals surface area contributed by atoms with Gasteiger partial charge in [-0.2, -0.15) is 0 Å². The van der Waals surface area contributed by atoms with Crippen molar-refractivity contribution in [1.82, 2.24) is 0 Å². The third kappa shape index (κ3) is 3.46. The van der Waals surface area contributed by atoms with Crippen LogP contribution in [-0.4, -0.2) is 38.8 Å². The molecule has 1 rings (SSSR count). The molecule has 0 saturated carbocycles. The van der Waals surface area contributed by atoms with E-state index < -0.39 is 17.9 Å². The minimum atomic E-state index is -2.40. The van der Waals surface area contributed by atoms with Gasteiger partial charge in [0.05, 0.1) is 20.8 Å². The normalized spacial score (nSPS) is 11.6. The molecule has 20 heavy (non-hydrogen) atoms. The Morgan fingerprint density at radius 1 is 1.20 bits per heavy atom. The van der Waals surface area contributed by atoms with Crippen LogP contribution in [-0.2, 0) is 9.53 Å². The van der Waals surface area contributed by atoms with Crippen LogP contribution >= 0.6 is 0 Å². The zero-order valence-corrected chi connectivity index (χ0v) is 11.6. The molecule has 0 radical (unpaired) electrons. The molecule has 0 aliphatic carbocycles. The number of carbonyl (C=O) groups excluding carboxylic acids is 2. The Hall–Kier alpha value is -2.11. The molecule has 0 spiro atoms. The average Bonchev–Trinajstić information content (AvgIpc) is 2.49. The molecule has 0 amide bonds. The lowest BCUT2D eigenvalue weighted by Crippen LogP contribution is -2.28. The number of alkyl halides is 1. The molecule has 0 saturated heterocycles. The summed E-state index contributed by atoms with van der Waals surface area (Å²) in [6.45, 7) is 1.83. The van der Waals surface area contributed by atoms with E-state index in [0.29, 0.717) is 6.42 Å². The summed E-state index contributed by atoms with van der Waals surface area (Å²) < 4.78 is 28.5. The average molecular weight is 284 g/mol. The smallest absolute Gasteiger partial charge is 0.349 e. The molecule has 0 bridgehead atoms. The second kappa shape index (κ2) is 7.47. The van der Waals surface area contributed by atoms with Crippen LogP contribution in [0.2, 0.25) is 0 Å². The number of esters is 1. The lowest BCUT2D eigenvalue weighted by molar-refractivity contribution is -0.147. The molecule has 0 aromatic heterocycles. The van der Waals surface area contributed by atoms with Crippen LogP contribution in [0.3, 0.4) is 0 Å². The molecule has 1 unspecified atom stereocenters. The van der Waals surface area contributed by atoms with Gasteiger partial charge in [-0.3, -0.25) is 4.79 Å². The van der Waals surface area contributed by atoms with Gasteiger partial charge in [0.1, 0.15) is 17.1 Å². The number of benzene rings is 1. The first-order chi connectivity index (χ1) is 9.56. The van der Waals surface area contributed by atoms with Gasteiger partial charge < -0.3 is 14.2 Å². The van der Waals surface area contributed by atoms with Crippen LogP contribution < -0.4 is 9.47 Å². The summed E-state index contributed by atoms with van der Waals surface area (Å²) in [5.41, 5.74) is -0.113. The predicted molar refractivity (Wildman–Crippen MR) is 70.0 cm³/mol. The van der Waals surface area contributed by atoms with E-state index in [0.717, 1.165) is 0 Å². The third-order valence-electron chi connectivity index (χ3n) is 2.56. The number of Topliss-reactive ketones (excluding diaryl/α,β-unsaturated/α-hetero) is 1. The van der Waals surface area contributed by atoms with Crippen molar-refractivity contribution in [2.45, 2.75) is 19.5 Å². The van der Waals surface area contributed by atoms with Gasteiger partial charge in [0, 0.05) is 0 Å². The van der Waals surface area contributed by atoms with Gasteiger partial charge in [-0.1, -0.05) is 13.0 Å². The highest BCUT2D eigenvalue weighted by Crippen LogP contribution is 2.30. The van der Waals surface area contributed by atoms with Crippen LogP contribution in [0.25, 0.3) is 0 Å². The predicted octanol–water partition coefficient (Wildman–Crippen LogP) is 2.18. The molecule has 6 heteroatoms. The second-order valence-corrected chi connectivity index (χ2v) is 3.93.